The summed E-state index contributed by atoms with van der Waals surface area (Å²) in [6.07, 6.45) is 8.81. The normalized spacial score (nSPS) is 12.6. The topological polar surface area (TPSA) is 14.8 Å². The van der Waals surface area contributed by atoms with Gasteiger partial charge in [-0.25, -0.2) is 0 Å². The van der Waals surface area contributed by atoms with Crippen molar-refractivity contribution < 1.29 is 0 Å². The van der Waals surface area contributed by atoms with Crippen LogP contribution >= 0.6 is 0 Å². The van der Waals surface area contributed by atoms with Gasteiger partial charge >= 0.3 is 0 Å². The van der Waals surface area contributed by atoms with Crippen LogP contribution in [0.3, 0.4) is 0 Å². The number of para-hydroxylation sites is 2. The molecule has 3 heteroatoms. The van der Waals surface area contributed by atoms with Gasteiger partial charge in [-0.15, -0.1) is 0 Å². The zero-order valence-electron chi connectivity index (χ0n) is 29.6. The van der Waals surface area contributed by atoms with Gasteiger partial charge in [0.25, 0.3) is 0 Å². The molecule has 3 aromatic heterocycles. The standard InChI is InChI=1S/C48H43N3/c1-5-9-14-34(8-4)31-49-43-25-21-35(50-45-17-12-10-15-37(45)39-27-32(6-2)19-23-47(39)50)29-41(43)42-30-36(22-26-44(42)49)51-46-18-13-11-16-38(46)40-28-33(7-3)20-24-48(40)51/h6-7,10-13,15-30,34H,2-3,5,8-9,14,31H2,1,4H3. The molecular weight excluding hydrogens is 619 g/mol. The molecule has 0 aliphatic rings. The van der Waals surface area contributed by atoms with Crippen molar-refractivity contribution in [3.63, 3.8) is 0 Å². The van der Waals surface area contributed by atoms with Crippen molar-refractivity contribution in [2.45, 2.75) is 46.1 Å². The molecule has 1 unspecified atom stereocenters. The van der Waals surface area contributed by atoms with Gasteiger partial charge in [0.1, 0.15) is 0 Å². The third-order valence-electron chi connectivity index (χ3n) is 11.2. The van der Waals surface area contributed by atoms with Crippen molar-refractivity contribution in [3.05, 3.63) is 146 Å². The average molecular weight is 662 g/mol. The van der Waals surface area contributed by atoms with E-state index in [1.165, 1.54) is 102 Å². The van der Waals surface area contributed by atoms with Crippen LogP contribution in [0.5, 0.6) is 0 Å². The van der Waals surface area contributed by atoms with E-state index < -0.39 is 0 Å². The van der Waals surface area contributed by atoms with Gasteiger partial charge in [-0.1, -0.05) is 107 Å². The minimum absolute atomic E-state index is 0.635. The maximum Gasteiger partial charge on any atom is 0.0541 e. The van der Waals surface area contributed by atoms with Crippen LogP contribution in [-0.2, 0) is 6.54 Å². The van der Waals surface area contributed by atoms with E-state index >= 15 is 0 Å². The van der Waals surface area contributed by atoms with Crippen molar-refractivity contribution in [2.75, 3.05) is 0 Å². The molecule has 0 radical (unpaired) electrons. The van der Waals surface area contributed by atoms with E-state index in [-0.39, 0.29) is 0 Å². The zero-order valence-corrected chi connectivity index (χ0v) is 29.6. The highest BCUT2D eigenvalue weighted by Gasteiger charge is 2.20. The van der Waals surface area contributed by atoms with Gasteiger partial charge in [0, 0.05) is 61.3 Å². The molecule has 0 fully saturated rings. The Hall–Kier alpha value is -5.80. The van der Waals surface area contributed by atoms with E-state index in [0.717, 1.165) is 17.7 Å². The molecule has 6 aromatic carbocycles. The van der Waals surface area contributed by atoms with Crippen LogP contribution in [0.15, 0.2) is 134 Å². The van der Waals surface area contributed by atoms with Crippen LogP contribution < -0.4 is 0 Å². The number of unbranched alkanes of at least 4 members (excludes halogenated alkanes) is 1. The quantitative estimate of drug-likeness (QED) is 0.139. The fourth-order valence-electron chi connectivity index (χ4n) is 8.52. The molecule has 0 aliphatic carbocycles. The fourth-order valence-corrected chi connectivity index (χ4v) is 8.52. The van der Waals surface area contributed by atoms with E-state index in [9.17, 15) is 0 Å². The lowest BCUT2D eigenvalue weighted by Crippen LogP contribution is -2.10. The zero-order chi connectivity index (χ0) is 34.6. The summed E-state index contributed by atoms with van der Waals surface area (Å²) in [5, 5.41) is 7.60. The molecule has 0 N–H and O–H groups in total. The highest BCUT2D eigenvalue weighted by Crippen LogP contribution is 2.39. The largest absolute Gasteiger partial charge is 0.340 e. The highest BCUT2D eigenvalue weighted by atomic mass is 15.0. The molecule has 0 aliphatic heterocycles. The number of hydrogen-bond acceptors (Lipinski definition) is 0. The maximum absolute atomic E-state index is 4.04. The summed E-state index contributed by atoms with van der Waals surface area (Å²) in [6, 6.07) is 45.2. The predicted octanol–water partition coefficient (Wildman–Crippen LogP) is 13.5. The lowest BCUT2D eigenvalue weighted by Gasteiger charge is -2.18. The predicted molar refractivity (Wildman–Crippen MR) is 222 cm³/mol. The Morgan fingerprint density at radius 3 is 1.43 bits per heavy atom. The molecule has 9 aromatic rings. The van der Waals surface area contributed by atoms with Crippen LogP contribution in [0.1, 0.15) is 50.7 Å². The van der Waals surface area contributed by atoms with Gasteiger partial charge in [0.15, 0.2) is 0 Å². The minimum atomic E-state index is 0.635. The Labute approximate surface area is 299 Å². The number of aromatic nitrogens is 3. The lowest BCUT2D eigenvalue weighted by atomic mass is 9.99. The first kappa shape index (κ1) is 31.2. The lowest BCUT2D eigenvalue weighted by molar-refractivity contribution is 0.401. The molecule has 3 nitrogen and oxygen atoms in total. The van der Waals surface area contributed by atoms with E-state index in [1.54, 1.807) is 0 Å². The Morgan fingerprint density at radius 1 is 0.510 bits per heavy atom. The average Bonchev–Trinajstić information content (AvgIpc) is 3.80. The summed E-state index contributed by atoms with van der Waals surface area (Å²) in [5.74, 6) is 0.635. The molecule has 0 saturated heterocycles. The first-order valence-electron chi connectivity index (χ1n) is 18.5. The summed E-state index contributed by atoms with van der Waals surface area (Å²) >= 11 is 0. The first-order chi connectivity index (χ1) is 25.1. The van der Waals surface area contributed by atoms with Crippen LogP contribution in [0, 0.1) is 5.92 Å². The summed E-state index contributed by atoms with van der Waals surface area (Å²) in [4.78, 5) is 0. The number of nitrogens with zero attached hydrogens (tertiary/aromatic N) is 3. The SMILES string of the molecule is C=Cc1ccc2c(c1)c1ccccc1n2-c1ccc2c(c1)c1cc(-n3c4ccccc4c4cc(C=C)ccc43)ccc1n2CC(CC)CCCC. The molecule has 250 valence electrons. The van der Waals surface area contributed by atoms with Crippen LogP contribution in [0.4, 0.5) is 0 Å². The van der Waals surface area contributed by atoms with Gasteiger partial charge in [0.05, 0.1) is 22.1 Å². The third kappa shape index (κ3) is 4.94. The van der Waals surface area contributed by atoms with E-state index in [0.29, 0.717) is 5.92 Å². The Bertz CT molecular complexity index is 2620. The summed E-state index contributed by atoms with van der Waals surface area (Å²) < 4.78 is 7.47. The minimum Gasteiger partial charge on any atom is -0.340 e. The maximum atomic E-state index is 4.04. The van der Waals surface area contributed by atoms with Crippen molar-refractivity contribution >= 4 is 77.6 Å². The van der Waals surface area contributed by atoms with Crippen LogP contribution in [0.25, 0.3) is 88.9 Å². The summed E-state index contributed by atoms with van der Waals surface area (Å²) in [5.41, 5.74) is 12.1. The van der Waals surface area contributed by atoms with Crippen molar-refractivity contribution in [1.29, 1.82) is 0 Å². The second-order valence-corrected chi connectivity index (χ2v) is 14.1. The van der Waals surface area contributed by atoms with Crippen molar-refractivity contribution in [3.8, 4) is 11.4 Å². The first-order valence-corrected chi connectivity index (χ1v) is 18.5. The monoisotopic (exact) mass is 661 g/mol. The number of fused-ring (bicyclic) bond motifs is 9. The van der Waals surface area contributed by atoms with Gasteiger partial charge in [-0.3, -0.25) is 0 Å². The Morgan fingerprint density at radius 2 is 0.961 bits per heavy atom. The van der Waals surface area contributed by atoms with Crippen molar-refractivity contribution in [2.24, 2.45) is 5.92 Å². The van der Waals surface area contributed by atoms with Crippen molar-refractivity contribution in [1.82, 2.24) is 13.7 Å². The third-order valence-corrected chi connectivity index (χ3v) is 11.2. The molecule has 1 atom stereocenters. The molecule has 0 spiro atoms. The molecule has 51 heavy (non-hydrogen) atoms. The number of rotatable bonds is 10. The van der Waals surface area contributed by atoms with Gasteiger partial charge in [-0.05, 0) is 96.3 Å². The van der Waals surface area contributed by atoms with Crippen LogP contribution in [-0.4, -0.2) is 13.7 Å². The number of hydrogen-bond donors (Lipinski definition) is 0. The second kappa shape index (κ2) is 12.5. The molecule has 0 amide bonds. The van der Waals surface area contributed by atoms with Gasteiger partial charge in [-0.2, -0.15) is 0 Å². The number of benzene rings is 6. The van der Waals surface area contributed by atoms with Gasteiger partial charge < -0.3 is 13.7 Å². The summed E-state index contributed by atoms with van der Waals surface area (Å²) in [6.45, 7) is 13.8. The molecule has 3 heterocycles. The van der Waals surface area contributed by atoms with Gasteiger partial charge in [0.2, 0.25) is 0 Å². The van der Waals surface area contributed by atoms with E-state index in [2.05, 4.69) is 162 Å². The van der Waals surface area contributed by atoms with E-state index in [4.69, 9.17) is 0 Å². The summed E-state index contributed by atoms with van der Waals surface area (Å²) in [7, 11) is 0. The second-order valence-electron chi connectivity index (χ2n) is 14.1. The smallest absolute Gasteiger partial charge is 0.0541 e. The molecule has 9 rings (SSSR count). The molecule has 0 bridgehead atoms. The Kier molecular flexibility index (Phi) is 7.65. The highest BCUT2D eigenvalue weighted by molar-refractivity contribution is 6.13. The molecule has 0 saturated carbocycles. The fraction of sp³-hybridized carbons (Fsp3) is 0.167. The Balaban J connectivity index is 1.31. The molecular formula is C48H43N3. The van der Waals surface area contributed by atoms with E-state index in [1.807, 2.05) is 12.2 Å². The van der Waals surface area contributed by atoms with Crippen LogP contribution in [0.2, 0.25) is 0 Å².